The van der Waals surface area contributed by atoms with Crippen LogP contribution in [0.25, 0.3) is 0 Å². The fourth-order valence-electron chi connectivity index (χ4n) is 3.99. The molecular formula is C17H25N3S. The first-order chi connectivity index (χ1) is 10.1. The molecule has 2 fully saturated rings. The highest BCUT2D eigenvalue weighted by atomic mass is 32.1. The fraction of sp³-hybridized carbons (Fsp3) is 0.588. The van der Waals surface area contributed by atoms with Gasteiger partial charge in [0.25, 0.3) is 0 Å². The molecule has 2 unspecified atom stereocenters. The van der Waals surface area contributed by atoms with Crippen molar-refractivity contribution >= 4 is 22.9 Å². The molecule has 3 rings (SSSR count). The van der Waals surface area contributed by atoms with Crippen molar-refractivity contribution < 1.29 is 0 Å². The third-order valence-electron chi connectivity index (χ3n) is 5.10. The van der Waals surface area contributed by atoms with Crippen molar-refractivity contribution in [2.45, 2.75) is 32.2 Å². The molecule has 2 atom stereocenters. The average molecular weight is 303 g/mol. The van der Waals surface area contributed by atoms with E-state index in [1.165, 1.54) is 37.1 Å². The minimum absolute atomic E-state index is 0.511. The maximum Gasteiger partial charge on any atom is 0.106 e. The smallest absolute Gasteiger partial charge is 0.106 e. The van der Waals surface area contributed by atoms with Crippen molar-refractivity contribution in [3.8, 4) is 0 Å². The van der Waals surface area contributed by atoms with Crippen molar-refractivity contribution in [1.82, 2.24) is 4.90 Å². The van der Waals surface area contributed by atoms with Gasteiger partial charge in [-0.05, 0) is 57.8 Å². The summed E-state index contributed by atoms with van der Waals surface area (Å²) in [4.78, 5) is 5.56. The minimum Gasteiger partial charge on any atom is -0.389 e. The number of hydrogen-bond acceptors (Lipinski definition) is 3. The van der Waals surface area contributed by atoms with Crippen LogP contribution in [0, 0.1) is 12.8 Å². The topological polar surface area (TPSA) is 32.5 Å². The Hall–Kier alpha value is -1.13. The van der Waals surface area contributed by atoms with Gasteiger partial charge in [-0.15, -0.1) is 0 Å². The number of hydrogen-bond donors (Lipinski definition) is 1. The Morgan fingerprint density at radius 2 is 2.10 bits per heavy atom. The Morgan fingerprint density at radius 1 is 1.29 bits per heavy atom. The number of benzene rings is 1. The molecule has 2 heterocycles. The van der Waals surface area contributed by atoms with Crippen LogP contribution in [-0.2, 0) is 0 Å². The van der Waals surface area contributed by atoms with E-state index in [2.05, 4.69) is 42.0 Å². The molecular weight excluding hydrogens is 278 g/mol. The molecule has 0 spiro atoms. The molecule has 1 aromatic rings. The number of thiocarbonyl (C=S) groups is 1. The molecule has 2 saturated heterocycles. The number of anilines is 1. The van der Waals surface area contributed by atoms with Crippen LogP contribution < -0.4 is 10.6 Å². The van der Waals surface area contributed by atoms with E-state index in [0.29, 0.717) is 4.99 Å². The van der Waals surface area contributed by atoms with Gasteiger partial charge in [-0.1, -0.05) is 23.8 Å². The molecule has 4 heteroatoms. The van der Waals surface area contributed by atoms with Crippen molar-refractivity contribution in [2.24, 2.45) is 11.7 Å². The summed E-state index contributed by atoms with van der Waals surface area (Å²) in [5.41, 5.74) is 9.41. The highest BCUT2D eigenvalue weighted by molar-refractivity contribution is 7.80. The molecule has 2 aliphatic heterocycles. The van der Waals surface area contributed by atoms with Gasteiger partial charge in [0.15, 0.2) is 0 Å². The van der Waals surface area contributed by atoms with Crippen LogP contribution in [0.15, 0.2) is 18.2 Å². The highest BCUT2D eigenvalue weighted by Gasteiger charge is 2.34. The van der Waals surface area contributed by atoms with Gasteiger partial charge < -0.3 is 15.5 Å². The van der Waals surface area contributed by atoms with Gasteiger partial charge in [0, 0.05) is 30.4 Å². The summed E-state index contributed by atoms with van der Waals surface area (Å²) in [6.07, 6.45) is 3.91. The lowest BCUT2D eigenvalue weighted by Crippen LogP contribution is -2.53. The lowest BCUT2D eigenvalue weighted by Gasteiger charge is -2.47. The van der Waals surface area contributed by atoms with Gasteiger partial charge in [0.2, 0.25) is 0 Å². The first-order valence-electron chi connectivity index (χ1n) is 7.92. The quantitative estimate of drug-likeness (QED) is 0.851. The van der Waals surface area contributed by atoms with Gasteiger partial charge in [0.1, 0.15) is 4.99 Å². The molecule has 2 aliphatic rings. The summed E-state index contributed by atoms with van der Waals surface area (Å²) in [7, 11) is 2.28. The summed E-state index contributed by atoms with van der Waals surface area (Å²) in [6.45, 7) is 5.58. The number of aryl methyl sites for hydroxylation is 1. The summed E-state index contributed by atoms with van der Waals surface area (Å²) in [5, 5.41) is 0. The molecule has 114 valence electrons. The summed E-state index contributed by atoms with van der Waals surface area (Å²) in [6, 6.07) is 7.23. The maximum absolute atomic E-state index is 5.94. The molecule has 0 saturated carbocycles. The predicted molar refractivity (Wildman–Crippen MR) is 93.0 cm³/mol. The van der Waals surface area contributed by atoms with Crippen LogP contribution in [-0.4, -0.2) is 42.6 Å². The van der Waals surface area contributed by atoms with E-state index >= 15 is 0 Å². The third-order valence-corrected chi connectivity index (χ3v) is 5.32. The summed E-state index contributed by atoms with van der Waals surface area (Å²) in [5.74, 6) is 0.776. The maximum atomic E-state index is 5.94. The zero-order valence-corrected chi connectivity index (χ0v) is 13.8. The normalized spacial score (nSPS) is 26.5. The molecule has 2 N–H and O–H groups in total. The number of likely N-dealkylation sites (tertiary alicyclic amines) is 1. The third kappa shape index (κ3) is 2.92. The van der Waals surface area contributed by atoms with Crippen LogP contribution in [0.4, 0.5) is 5.69 Å². The van der Waals surface area contributed by atoms with E-state index in [9.17, 15) is 0 Å². The molecule has 21 heavy (non-hydrogen) atoms. The molecule has 0 aliphatic carbocycles. The van der Waals surface area contributed by atoms with Crippen molar-refractivity contribution in [2.75, 3.05) is 31.6 Å². The molecule has 0 bridgehead atoms. The zero-order chi connectivity index (χ0) is 15.0. The zero-order valence-electron chi connectivity index (χ0n) is 13.0. The monoisotopic (exact) mass is 303 g/mol. The van der Waals surface area contributed by atoms with Gasteiger partial charge in [-0.3, -0.25) is 0 Å². The summed E-state index contributed by atoms with van der Waals surface area (Å²) < 4.78 is 0. The Balaban J connectivity index is 1.84. The number of nitrogens with two attached hydrogens (primary N) is 1. The number of nitrogens with zero attached hydrogens (tertiary/aromatic N) is 2. The van der Waals surface area contributed by atoms with Crippen LogP contribution in [0.5, 0.6) is 0 Å². The number of piperidine rings is 2. The van der Waals surface area contributed by atoms with Crippen molar-refractivity contribution in [3.63, 3.8) is 0 Å². The van der Waals surface area contributed by atoms with E-state index in [0.717, 1.165) is 30.6 Å². The molecule has 0 amide bonds. The van der Waals surface area contributed by atoms with Crippen LogP contribution in [0.1, 0.15) is 30.4 Å². The second-order valence-electron chi connectivity index (χ2n) is 6.57. The van der Waals surface area contributed by atoms with E-state index in [1.807, 2.05) is 0 Å². The highest BCUT2D eigenvalue weighted by Crippen LogP contribution is 2.33. The Kier molecular flexibility index (Phi) is 4.18. The average Bonchev–Trinajstić information content (AvgIpc) is 2.47. The molecule has 1 aromatic carbocycles. The van der Waals surface area contributed by atoms with E-state index in [1.54, 1.807) is 0 Å². The van der Waals surface area contributed by atoms with Gasteiger partial charge in [0.05, 0.1) is 0 Å². The van der Waals surface area contributed by atoms with Crippen LogP contribution in [0.3, 0.4) is 0 Å². The molecule has 0 aromatic heterocycles. The molecule has 0 radical (unpaired) electrons. The van der Waals surface area contributed by atoms with Gasteiger partial charge >= 0.3 is 0 Å². The lowest BCUT2D eigenvalue weighted by atomic mass is 9.84. The van der Waals surface area contributed by atoms with Crippen molar-refractivity contribution in [1.29, 1.82) is 0 Å². The Bertz CT molecular complexity index is 543. The predicted octanol–water partition coefficient (Wildman–Crippen LogP) is 2.55. The Morgan fingerprint density at radius 3 is 2.86 bits per heavy atom. The summed E-state index contributed by atoms with van der Waals surface area (Å²) >= 11 is 5.26. The standard InChI is InChI=1S/C17H25N3S/c1-12-5-6-16(14(10-12)17(18)21)20-9-7-15-13(11-20)4-3-8-19(15)2/h5-6,10,13,15H,3-4,7-9,11H2,1-2H3,(H2,18,21). The van der Waals surface area contributed by atoms with Crippen LogP contribution >= 0.6 is 12.2 Å². The number of rotatable bonds is 2. The minimum atomic E-state index is 0.511. The fourth-order valence-corrected chi connectivity index (χ4v) is 4.16. The second kappa shape index (κ2) is 5.93. The first-order valence-corrected chi connectivity index (χ1v) is 8.32. The largest absolute Gasteiger partial charge is 0.389 e. The van der Waals surface area contributed by atoms with Gasteiger partial charge in [-0.2, -0.15) is 0 Å². The number of fused-ring (bicyclic) bond motifs is 1. The van der Waals surface area contributed by atoms with E-state index in [4.69, 9.17) is 18.0 Å². The van der Waals surface area contributed by atoms with E-state index in [-0.39, 0.29) is 0 Å². The first kappa shape index (κ1) is 14.8. The van der Waals surface area contributed by atoms with Crippen molar-refractivity contribution in [3.05, 3.63) is 29.3 Å². The second-order valence-corrected chi connectivity index (χ2v) is 7.01. The SMILES string of the molecule is Cc1ccc(N2CCC3C(CCCN3C)C2)c(C(N)=S)c1. The van der Waals surface area contributed by atoms with Gasteiger partial charge in [-0.25, -0.2) is 0 Å². The molecule has 3 nitrogen and oxygen atoms in total. The lowest BCUT2D eigenvalue weighted by molar-refractivity contribution is 0.102. The van der Waals surface area contributed by atoms with E-state index < -0.39 is 0 Å². The Labute approximate surface area is 133 Å². The van der Waals surface area contributed by atoms with Crippen LogP contribution in [0.2, 0.25) is 0 Å².